The van der Waals surface area contributed by atoms with Crippen LogP contribution in [-0.4, -0.2) is 22.8 Å². The highest BCUT2D eigenvalue weighted by Crippen LogP contribution is 2.35. The number of fused-ring (bicyclic) bond motifs is 1. The summed E-state index contributed by atoms with van der Waals surface area (Å²) in [7, 11) is 1.90. The number of aryl methyl sites for hydroxylation is 1. The van der Waals surface area contributed by atoms with Gasteiger partial charge < -0.3 is 4.90 Å². The molecule has 0 aliphatic heterocycles. The van der Waals surface area contributed by atoms with Gasteiger partial charge in [-0.15, -0.1) is 22.7 Å². The quantitative estimate of drug-likeness (QED) is 0.661. The molecule has 0 N–H and O–H groups in total. The molecule has 122 valence electrons. The summed E-state index contributed by atoms with van der Waals surface area (Å²) < 4.78 is 0. The maximum atomic E-state index is 12.9. The van der Waals surface area contributed by atoms with Crippen LogP contribution in [-0.2, 0) is 6.42 Å². The minimum Gasteiger partial charge on any atom is -0.333 e. The molecule has 1 aromatic carbocycles. The molecule has 0 saturated carbocycles. The van der Waals surface area contributed by atoms with Gasteiger partial charge in [0.15, 0.2) is 0 Å². The third-order valence-electron chi connectivity index (χ3n) is 4.58. The van der Waals surface area contributed by atoms with E-state index in [2.05, 4.69) is 29.2 Å². The summed E-state index contributed by atoms with van der Waals surface area (Å²) in [6.45, 7) is 0. The van der Waals surface area contributed by atoms with Crippen LogP contribution in [0.15, 0.2) is 47.2 Å². The second kappa shape index (κ2) is 6.49. The van der Waals surface area contributed by atoms with Gasteiger partial charge in [0.05, 0.1) is 10.9 Å². The molecule has 0 radical (unpaired) electrons. The van der Waals surface area contributed by atoms with Crippen LogP contribution < -0.4 is 0 Å². The number of amides is 1. The van der Waals surface area contributed by atoms with E-state index in [-0.39, 0.29) is 11.9 Å². The van der Waals surface area contributed by atoms with Gasteiger partial charge in [0.2, 0.25) is 0 Å². The average molecular weight is 355 g/mol. The van der Waals surface area contributed by atoms with Crippen molar-refractivity contribution in [3.8, 4) is 9.88 Å². The molecule has 1 aliphatic rings. The van der Waals surface area contributed by atoms with E-state index >= 15 is 0 Å². The molecule has 1 amide bonds. The standard InChI is InChI=1S/C19H18N2OS2/c1-21(16-9-4-7-13-6-2-3-8-14(13)16)19(22)15-12-24-18(20-15)17-10-5-11-23-17/h2-3,5-6,8,10-12,16H,4,7,9H2,1H3. The van der Waals surface area contributed by atoms with Gasteiger partial charge in [0.25, 0.3) is 5.91 Å². The SMILES string of the molecule is CN(C(=O)c1csc(-c2cccs2)n1)C1CCCc2ccccc21. The van der Waals surface area contributed by atoms with E-state index in [4.69, 9.17) is 0 Å². The summed E-state index contributed by atoms with van der Waals surface area (Å²) in [6.07, 6.45) is 3.24. The number of carbonyl (C=O) groups excluding carboxylic acids is 1. The van der Waals surface area contributed by atoms with Crippen molar-refractivity contribution in [2.45, 2.75) is 25.3 Å². The molecule has 2 heterocycles. The fraction of sp³-hybridized carbons (Fsp3) is 0.263. The van der Waals surface area contributed by atoms with Crippen molar-refractivity contribution in [1.82, 2.24) is 9.88 Å². The maximum absolute atomic E-state index is 12.9. The second-order valence-corrected chi connectivity index (χ2v) is 7.84. The van der Waals surface area contributed by atoms with Gasteiger partial charge in [-0.1, -0.05) is 30.3 Å². The fourth-order valence-corrected chi connectivity index (χ4v) is 4.95. The minimum absolute atomic E-state index is 0.00996. The van der Waals surface area contributed by atoms with Gasteiger partial charge in [-0.3, -0.25) is 4.79 Å². The number of aromatic nitrogens is 1. The van der Waals surface area contributed by atoms with Crippen molar-refractivity contribution in [2.75, 3.05) is 7.05 Å². The summed E-state index contributed by atoms with van der Waals surface area (Å²) in [5.41, 5.74) is 3.20. The van der Waals surface area contributed by atoms with E-state index in [0.29, 0.717) is 5.69 Å². The number of thiazole rings is 1. The Bertz CT molecular complexity index is 854. The van der Waals surface area contributed by atoms with E-state index < -0.39 is 0 Å². The molecule has 0 bridgehead atoms. The summed E-state index contributed by atoms with van der Waals surface area (Å²) in [6, 6.07) is 12.7. The first-order valence-corrected chi connectivity index (χ1v) is 9.84. The number of rotatable bonds is 3. The predicted octanol–water partition coefficient (Wildman–Crippen LogP) is 5.02. The Morgan fingerprint density at radius 1 is 1.21 bits per heavy atom. The number of hydrogen-bond acceptors (Lipinski definition) is 4. The second-order valence-electron chi connectivity index (χ2n) is 6.04. The van der Waals surface area contributed by atoms with Gasteiger partial charge in [0, 0.05) is 12.4 Å². The van der Waals surface area contributed by atoms with E-state index in [1.165, 1.54) is 22.5 Å². The lowest BCUT2D eigenvalue weighted by atomic mass is 9.87. The van der Waals surface area contributed by atoms with Gasteiger partial charge in [-0.05, 0) is 41.8 Å². The molecule has 0 fully saturated rings. The topological polar surface area (TPSA) is 33.2 Å². The lowest BCUT2D eigenvalue weighted by Gasteiger charge is -2.33. The molecular formula is C19H18N2OS2. The maximum Gasteiger partial charge on any atom is 0.273 e. The summed E-state index contributed by atoms with van der Waals surface area (Å²) in [5.74, 6) is 0.00996. The highest BCUT2D eigenvalue weighted by atomic mass is 32.1. The van der Waals surface area contributed by atoms with E-state index in [0.717, 1.165) is 29.1 Å². The Kier molecular flexibility index (Phi) is 4.21. The van der Waals surface area contributed by atoms with Crippen LogP contribution in [0.5, 0.6) is 0 Å². The summed E-state index contributed by atoms with van der Waals surface area (Å²) >= 11 is 3.19. The molecule has 1 atom stereocenters. The molecule has 0 saturated heterocycles. The van der Waals surface area contributed by atoms with Crippen molar-refractivity contribution in [1.29, 1.82) is 0 Å². The lowest BCUT2D eigenvalue weighted by Crippen LogP contribution is -2.33. The minimum atomic E-state index is 0.00996. The highest BCUT2D eigenvalue weighted by Gasteiger charge is 2.28. The Balaban J connectivity index is 1.59. The molecular weight excluding hydrogens is 336 g/mol. The van der Waals surface area contributed by atoms with Crippen LogP contribution >= 0.6 is 22.7 Å². The first-order chi connectivity index (χ1) is 11.7. The zero-order chi connectivity index (χ0) is 16.5. The van der Waals surface area contributed by atoms with Crippen molar-refractivity contribution < 1.29 is 4.79 Å². The number of hydrogen-bond donors (Lipinski definition) is 0. The highest BCUT2D eigenvalue weighted by molar-refractivity contribution is 7.20. The van der Waals surface area contributed by atoms with E-state index in [9.17, 15) is 4.79 Å². The van der Waals surface area contributed by atoms with Crippen molar-refractivity contribution in [2.24, 2.45) is 0 Å². The Morgan fingerprint density at radius 3 is 2.92 bits per heavy atom. The van der Waals surface area contributed by atoms with Crippen LogP contribution in [0.1, 0.15) is 40.5 Å². The summed E-state index contributed by atoms with van der Waals surface area (Å²) in [5, 5.41) is 4.83. The van der Waals surface area contributed by atoms with E-state index in [1.54, 1.807) is 11.3 Å². The summed E-state index contributed by atoms with van der Waals surface area (Å²) in [4.78, 5) is 20.5. The molecule has 1 aliphatic carbocycles. The fourth-order valence-electron chi connectivity index (χ4n) is 3.34. The first-order valence-electron chi connectivity index (χ1n) is 8.08. The largest absolute Gasteiger partial charge is 0.333 e. The zero-order valence-corrected chi connectivity index (χ0v) is 15.1. The number of thiophene rings is 1. The Morgan fingerprint density at radius 2 is 2.08 bits per heavy atom. The molecule has 0 spiro atoms. The Labute approximate surface area is 149 Å². The van der Waals surface area contributed by atoms with Crippen LogP contribution in [0.25, 0.3) is 9.88 Å². The van der Waals surface area contributed by atoms with Gasteiger partial charge in [0.1, 0.15) is 10.7 Å². The van der Waals surface area contributed by atoms with Crippen molar-refractivity contribution in [3.63, 3.8) is 0 Å². The Hall–Kier alpha value is -1.98. The molecule has 2 aromatic heterocycles. The number of benzene rings is 1. The van der Waals surface area contributed by atoms with Gasteiger partial charge in [-0.25, -0.2) is 4.98 Å². The zero-order valence-electron chi connectivity index (χ0n) is 13.4. The van der Waals surface area contributed by atoms with Crippen LogP contribution in [0.3, 0.4) is 0 Å². The number of nitrogens with zero attached hydrogens (tertiary/aromatic N) is 2. The molecule has 5 heteroatoms. The van der Waals surface area contributed by atoms with Crippen LogP contribution in [0.4, 0.5) is 0 Å². The molecule has 1 unspecified atom stereocenters. The molecule has 3 nitrogen and oxygen atoms in total. The molecule has 24 heavy (non-hydrogen) atoms. The van der Waals surface area contributed by atoms with Gasteiger partial charge >= 0.3 is 0 Å². The third-order valence-corrected chi connectivity index (χ3v) is 6.46. The van der Waals surface area contributed by atoms with Gasteiger partial charge in [-0.2, -0.15) is 0 Å². The van der Waals surface area contributed by atoms with Crippen LogP contribution in [0, 0.1) is 0 Å². The van der Waals surface area contributed by atoms with Crippen molar-refractivity contribution in [3.05, 3.63) is 64.0 Å². The monoisotopic (exact) mass is 354 g/mol. The lowest BCUT2D eigenvalue weighted by molar-refractivity contribution is 0.0710. The third kappa shape index (κ3) is 2.78. The predicted molar refractivity (Wildman–Crippen MR) is 99.6 cm³/mol. The van der Waals surface area contributed by atoms with Crippen LogP contribution in [0.2, 0.25) is 0 Å². The smallest absolute Gasteiger partial charge is 0.273 e. The van der Waals surface area contributed by atoms with Crippen molar-refractivity contribution >= 4 is 28.6 Å². The molecule has 4 rings (SSSR count). The van der Waals surface area contributed by atoms with E-state index in [1.807, 2.05) is 34.8 Å². The normalized spacial score (nSPS) is 16.6. The average Bonchev–Trinajstić information content (AvgIpc) is 3.31. The molecule has 3 aromatic rings. The first kappa shape index (κ1) is 15.5. The number of carbonyl (C=O) groups is 1.